The fourth-order valence-corrected chi connectivity index (χ4v) is 6.14. The zero-order chi connectivity index (χ0) is 22.7. The average molecular weight is 457 g/mol. The molecule has 7 nitrogen and oxygen atoms in total. The van der Waals surface area contributed by atoms with Crippen LogP contribution in [0.4, 0.5) is 11.4 Å². The molecule has 0 spiro atoms. The van der Waals surface area contributed by atoms with E-state index in [1.807, 2.05) is 31.2 Å². The second-order valence-corrected chi connectivity index (χ2v) is 10.6. The Bertz CT molecular complexity index is 1050. The van der Waals surface area contributed by atoms with Gasteiger partial charge in [-0.25, -0.2) is 8.42 Å². The maximum Gasteiger partial charge on any atom is 0.255 e. The van der Waals surface area contributed by atoms with Crippen LogP contribution in [-0.4, -0.2) is 69.3 Å². The lowest BCUT2D eigenvalue weighted by Crippen LogP contribution is -2.44. The zero-order valence-electron chi connectivity index (χ0n) is 18.8. The SMILES string of the molecule is CC1CCCCN1S(=O)(=O)c1ccc(C(=O)Nc2ccccc2N2CCN(C)CC2)cc1. The summed E-state index contributed by atoms with van der Waals surface area (Å²) in [6.07, 6.45) is 2.82. The molecule has 0 saturated carbocycles. The Morgan fingerprint density at radius 1 is 0.938 bits per heavy atom. The van der Waals surface area contributed by atoms with Gasteiger partial charge < -0.3 is 15.1 Å². The first-order valence-corrected chi connectivity index (χ1v) is 12.8. The lowest BCUT2D eigenvalue weighted by atomic mass is 10.1. The molecule has 32 heavy (non-hydrogen) atoms. The molecule has 8 heteroatoms. The Hall–Kier alpha value is -2.42. The number of anilines is 2. The minimum atomic E-state index is -3.55. The minimum absolute atomic E-state index is 0.00259. The van der Waals surface area contributed by atoms with Crippen LogP contribution < -0.4 is 10.2 Å². The number of hydrogen-bond donors (Lipinski definition) is 1. The van der Waals surface area contributed by atoms with E-state index in [0.717, 1.165) is 56.8 Å². The van der Waals surface area contributed by atoms with Crippen molar-refractivity contribution in [3.05, 3.63) is 54.1 Å². The number of nitrogens with zero attached hydrogens (tertiary/aromatic N) is 3. The van der Waals surface area contributed by atoms with Crippen molar-refractivity contribution in [1.82, 2.24) is 9.21 Å². The summed E-state index contributed by atoms with van der Waals surface area (Å²) in [6.45, 7) is 6.28. The number of rotatable bonds is 5. The van der Waals surface area contributed by atoms with Gasteiger partial charge in [-0.1, -0.05) is 18.6 Å². The quantitative estimate of drug-likeness (QED) is 0.748. The second-order valence-electron chi connectivity index (χ2n) is 8.75. The predicted molar refractivity (Wildman–Crippen MR) is 128 cm³/mol. The standard InChI is InChI=1S/C24H32N4O3S/c1-19-7-5-6-14-28(19)32(30,31)21-12-10-20(11-13-21)24(29)25-22-8-3-4-9-23(22)27-17-15-26(2)16-18-27/h3-4,8-13,19H,5-7,14-18H2,1-2H3,(H,25,29). The summed E-state index contributed by atoms with van der Waals surface area (Å²) in [6, 6.07) is 14.1. The van der Waals surface area contributed by atoms with Crippen LogP contribution in [0.15, 0.2) is 53.4 Å². The highest BCUT2D eigenvalue weighted by atomic mass is 32.2. The largest absolute Gasteiger partial charge is 0.367 e. The molecule has 1 amide bonds. The monoisotopic (exact) mass is 456 g/mol. The fourth-order valence-electron chi connectivity index (χ4n) is 4.44. The van der Waals surface area contributed by atoms with Gasteiger partial charge in [0.1, 0.15) is 0 Å². The number of piperidine rings is 1. The topological polar surface area (TPSA) is 73.0 Å². The first-order chi connectivity index (χ1) is 15.4. The van der Waals surface area contributed by atoms with Gasteiger partial charge in [0.15, 0.2) is 0 Å². The highest BCUT2D eigenvalue weighted by Gasteiger charge is 2.31. The normalized spacial score (nSPS) is 20.8. The van der Waals surface area contributed by atoms with Gasteiger partial charge in [0.25, 0.3) is 5.91 Å². The Morgan fingerprint density at radius 3 is 2.31 bits per heavy atom. The summed E-state index contributed by atoms with van der Waals surface area (Å²) in [7, 11) is -1.44. The van der Waals surface area contributed by atoms with E-state index in [9.17, 15) is 13.2 Å². The van der Waals surface area contributed by atoms with E-state index in [0.29, 0.717) is 12.1 Å². The van der Waals surface area contributed by atoms with Gasteiger partial charge in [-0.2, -0.15) is 4.31 Å². The van der Waals surface area contributed by atoms with Gasteiger partial charge in [0.05, 0.1) is 16.3 Å². The van der Waals surface area contributed by atoms with Crippen LogP contribution >= 0.6 is 0 Å². The number of sulfonamides is 1. The number of para-hydroxylation sites is 2. The van der Waals surface area contributed by atoms with Crippen molar-refractivity contribution in [3.63, 3.8) is 0 Å². The smallest absolute Gasteiger partial charge is 0.255 e. The lowest BCUT2D eigenvalue weighted by molar-refractivity contribution is 0.102. The Morgan fingerprint density at radius 2 is 1.62 bits per heavy atom. The van der Waals surface area contributed by atoms with Crippen LogP contribution in [-0.2, 0) is 10.0 Å². The van der Waals surface area contributed by atoms with Gasteiger partial charge in [-0.15, -0.1) is 0 Å². The summed E-state index contributed by atoms with van der Waals surface area (Å²) in [5.41, 5.74) is 2.21. The van der Waals surface area contributed by atoms with Crippen molar-refractivity contribution in [2.75, 3.05) is 50.0 Å². The number of benzene rings is 2. The van der Waals surface area contributed by atoms with Crippen molar-refractivity contribution in [2.24, 2.45) is 0 Å². The molecule has 2 aromatic carbocycles. The number of piperazine rings is 1. The molecule has 0 aromatic heterocycles. The molecule has 2 aliphatic rings. The van der Waals surface area contributed by atoms with Gasteiger partial charge >= 0.3 is 0 Å². The summed E-state index contributed by atoms with van der Waals surface area (Å²) in [5, 5.41) is 3.01. The van der Waals surface area contributed by atoms with Crippen molar-refractivity contribution in [2.45, 2.75) is 37.1 Å². The summed E-state index contributed by atoms with van der Waals surface area (Å²) in [5.74, 6) is -0.248. The highest BCUT2D eigenvalue weighted by Crippen LogP contribution is 2.28. The first kappa shape index (κ1) is 22.8. The third-order valence-electron chi connectivity index (χ3n) is 6.46. The molecule has 0 radical (unpaired) electrons. The van der Waals surface area contributed by atoms with Crippen LogP contribution in [0.1, 0.15) is 36.5 Å². The summed E-state index contributed by atoms with van der Waals surface area (Å²) < 4.78 is 27.6. The Labute approximate surface area is 191 Å². The van der Waals surface area contributed by atoms with E-state index in [4.69, 9.17) is 0 Å². The second kappa shape index (κ2) is 9.60. The van der Waals surface area contributed by atoms with Crippen LogP contribution in [0, 0.1) is 0 Å². The summed E-state index contributed by atoms with van der Waals surface area (Å²) in [4.78, 5) is 17.7. The van der Waals surface area contributed by atoms with Crippen molar-refractivity contribution < 1.29 is 13.2 Å². The molecule has 2 aromatic rings. The van der Waals surface area contributed by atoms with Crippen LogP contribution in [0.5, 0.6) is 0 Å². The molecular weight excluding hydrogens is 424 g/mol. The van der Waals surface area contributed by atoms with Gasteiger partial charge in [0, 0.05) is 44.3 Å². The van der Waals surface area contributed by atoms with Crippen molar-refractivity contribution in [1.29, 1.82) is 0 Å². The first-order valence-electron chi connectivity index (χ1n) is 11.3. The van der Waals surface area contributed by atoms with Crippen molar-refractivity contribution in [3.8, 4) is 0 Å². The van der Waals surface area contributed by atoms with Gasteiger partial charge in [-0.3, -0.25) is 4.79 Å². The third-order valence-corrected chi connectivity index (χ3v) is 8.49. The third kappa shape index (κ3) is 4.82. The van der Waals surface area contributed by atoms with E-state index in [1.54, 1.807) is 16.4 Å². The number of amides is 1. The molecule has 1 atom stereocenters. The van der Waals surface area contributed by atoms with E-state index in [2.05, 4.69) is 22.2 Å². The molecule has 2 aliphatic heterocycles. The van der Waals surface area contributed by atoms with E-state index in [1.165, 1.54) is 12.1 Å². The number of likely N-dealkylation sites (N-methyl/N-ethyl adjacent to an activating group) is 1. The molecule has 4 rings (SSSR count). The Kier molecular flexibility index (Phi) is 6.83. The highest BCUT2D eigenvalue weighted by molar-refractivity contribution is 7.89. The molecule has 0 bridgehead atoms. The lowest BCUT2D eigenvalue weighted by Gasteiger charge is -2.35. The zero-order valence-corrected chi connectivity index (χ0v) is 19.6. The maximum absolute atomic E-state index is 13.0. The van der Waals surface area contributed by atoms with Crippen LogP contribution in [0.25, 0.3) is 0 Å². The Balaban J connectivity index is 1.48. The number of nitrogens with one attached hydrogen (secondary N) is 1. The predicted octanol–water partition coefficient (Wildman–Crippen LogP) is 3.25. The number of hydrogen-bond acceptors (Lipinski definition) is 5. The van der Waals surface area contributed by atoms with E-state index < -0.39 is 10.0 Å². The summed E-state index contributed by atoms with van der Waals surface area (Å²) >= 11 is 0. The molecule has 172 valence electrons. The van der Waals surface area contributed by atoms with Gasteiger partial charge in [0.2, 0.25) is 10.0 Å². The number of carbonyl (C=O) groups is 1. The maximum atomic E-state index is 13.0. The van der Waals surface area contributed by atoms with Crippen molar-refractivity contribution >= 4 is 27.3 Å². The molecule has 1 N–H and O–H groups in total. The van der Waals surface area contributed by atoms with Crippen LogP contribution in [0.2, 0.25) is 0 Å². The molecule has 2 saturated heterocycles. The molecule has 2 fully saturated rings. The fraction of sp³-hybridized carbons (Fsp3) is 0.458. The molecule has 0 aliphatic carbocycles. The molecular formula is C24H32N4O3S. The minimum Gasteiger partial charge on any atom is -0.367 e. The van der Waals surface area contributed by atoms with E-state index >= 15 is 0 Å². The van der Waals surface area contributed by atoms with E-state index in [-0.39, 0.29) is 16.8 Å². The van der Waals surface area contributed by atoms with Gasteiger partial charge in [-0.05, 0) is 63.2 Å². The molecule has 1 unspecified atom stereocenters. The number of carbonyl (C=O) groups excluding carboxylic acids is 1. The van der Waals surface area contributed by atoms with Crippen LogP contribution in [0.3, 0.4) is 0 Å². The molecule has 2 heterocycles. The average Bonchev–Trinajstić information content (AvgIpc) is 2.80.